The van der Waals surface area contributed by atoms with E-state index in [2.05, 4.69) is 45.9 Å². The molecule has 3 rings (SSSR count). The second kappa shape index (κ2) is 8.13. The fraction of sp³-hybridized carbons (Fsp3) is 0.211. The summed E-state index contributed by atoms with van der Waals surface area (Å²) in [5, 5.41) is 12.2. The maximum absolute atomic E-state index is 10.8. The van der Waals surface area contributed by atoms with E-state index in [0.717, 1.165) is 45.4 Å². The van der Waals surface area contributed by atoms with Gasteiger partial charge in [-0.3, -0.25) is 4.79 Å². The molecule has 0 atom stereocenters. The Kier molecular flexibility index (Phi) is 5.87. The van der Waals surface area contributed by atoms with Gasteiger partial charge in [-0.15, -0.1) is 11.3 Å². The highest BCUT2D eigenvalue weighted by molar-refractivity contribution is 14.1. The van der Waals surface area contributed by atoms with Crippen molar-refractivity contribution in [1.82, 2.24) is 9.97 Å². The van der Waals surface area contributed by atoms with Gasteiger partial charge in [-0.05, 0) is 65.8 Å². The standard InChI is InChI=1S/C19H18IN3O2S/c1-3-14-11(2)21-19(15-8-9-16(20)26-15)23-18(14)22-13-6-4-12(5-7-13)10-17(24)25/h4-9H,3,10H2,1-2H3,(H,24,25)(H,21,22,23). The van der Waals surface area contributed by atoms with Crippen molar-refractivity contribution in [2.75, 3.05) is 5.32 Å². The number of hydrogen-bond donors (Lipinski definition) is 2. The Morgan fingerprint density at radius 2 is 1.92 bits per heavy atom. The van der Waals surface area contributed by atoms with E-state index < -0.39 is 5.97 Å². The van der Waals surface area contributed by atoms with Crippen molar-refractivity contribution in [3.05, 3.63) is 56.1 Å². The lowest BCUT2D eigenvalue weighted by Gasteiger charge is -2.14. The molecule has 1 aromatic carbocycles. The molecule has 7 heteroatoms. The molecule has 0 saturated heterocycles. The summed E-state index contributed by atoms with van der Waals surface area (Å²) < 4.78 is 1.20. The number of nitrogens with one attached hydrogen (secondary N) is 1. The van der Waals surface area contributed by atoms with Gasteiger partial charge in [-0.2, -0.15) is 0 Å². The van der Waals surface area contributed by atoms with Gasteiger partial charge in [0.2, 0.25) is 0 Å². The van der Waals surface area contributed by atoms with Crippen LogP contribution < -0.4 is 5.32 Å². The van der Waals surface area contributed by atoms with Crippen molar-refractivity contribution in [3.63, 3.8) is 0 Å². The third-order valence-electron chi connectivity index (χ3n) is 3.93. The minimum atomic E-state index is -0.833. The van der Waals surface area contributed by atoms with Crippen LogP contribution in [0.1, 0.15) is 23.7 Å². The number of aryl methyl sites for hydroxylation is 1. The lowest BCUT2D eigenvalue weighted by Crippen LogP contribution is -2.05. The topological polar surface area (TPSA) is 75.1 Å². The van der Waals surface area contributed by atoms with Gasteiger partial charge in [0.25, 0.3) is 0 Å². The second-order valence-corrected chi connectivity index (χ2v) is 8.79. The van der Waals surface area contributed by atoms with Crippen molar-refractivity contribution in [2.45, 2.75) is 26.7 Å². The Morgan fingerprint density at radius 3 is 2.50 bits per heavy atom. The summed E-state index contributed by atoms with van der Waals surface area (Å²) in [6, 6.07) is 11.5. The second-order valence-electron chi connectivity index (χ2n) is 5.81. The first-order valence-corrected chi connectivity index (χ1v) is 10.1. The molecule has 0 aliphatic rings. The highest BCUT2D eigenvalue weighted by Crippen LogP contribution is 2.30. The van der Waals surface area contributed by atoms with E-state index in [4.69, 9.17) is 10.1 Å². The van der Waals surface area contributed by atoms with Crippen LogP contribution in [0, 0.1) is 9.81 Å². The van der Waals surface area contributed by atoms with Crippen molar-refractivity contribution in [2.24, 2.45) is 0 Å². The average Bonchev–Trinajstić information content (AvgIpc) is 3.02. The van der Waals surface area contributed by atoms with Crippen molar-refractivity contribution in [3.8, 4) is 10.7 Å². The van der Waals surface area contributed by atoms with Gasteiger partial charge in [-0.1, -0.05) is 19.1 Å². The Labute approximate surface area is 169 Å². The Hall–Kier alpha value is -2.00. The third-order valence-corrected chi connectivity index (χ3v) is 5.82. The molecule has 2 N–H and O–H groups in total. The number of halogens is 1. The third kappa shape index (κ3) is 4.39. The van der Waals surface area contributed by atoms with E-state index >= 15 is 0 Å². The normalized spacial score (nSPS) is 10.7. The van der Waals surface area contributed by atoms with Crippen LogP contribution in [0.2, 0.25) is 0 Å². The van der Waals surface area contributed by atoms with Crippen LogP contribution >= 0.6 is 33.9 Å². The molecule has 0 unspecified atom stereocenters. The molecule has 0 aliphatic heterocycles. The first-order valence-electron chi connectivity index (χ1n) is 8.17. The molecule has 0 fully saturated rings. The zero-order valence-corrected chi connectivity index (χ0v) is 17.4. The van der Waals surface area contributed by atoms with Crippen LogP contribution in [0.15, 0.2) is 36.4 Å². The fourth-order valence-corrected chi connectivity index (χ4v) is 4.24. The van der Waals surface area contributed by atoms with Crippen LogP contribution in [0.3, 0.4) is 0 Å². The molecular formula is C19H18IN3O2S. The van der Waals surface area contributed by atoms with Crippen molar-refractivity contribution >= 4 is 51.4 Å². The van der Waals surface area contributed by atoms with Crippen LogP contribution in [-0.2, 0) is 17.6 Å². The number of benzene rings is 1. The number of anilines is 2. The summed E-state index contributed by atoms with van der Waals surface area (Å²) in [6.07, 6.45) is 0.849. The average molecular weight is 479 g/mol. The van der Waals surface area contributed by atoms with E-state index in [1.165, 1.54) is 2.88 Å². The molecule has 0 spiro atoms. The van der Waals surface area contributed by atoms with Crippen LogP contribution in [0.4, 0.5) is 11.5 Å². The lowest BCUT2D eigenvalue weighted by atomic mass is 10.1. The number of aromatic nitrogens is 2. The zero-order chi connectivity index (χ0) is 18.7. The number of rotatable bonds is 6. The first kappa shape index (κ1) is 18.8. The van der Waals surface area contributed by atoms with Gasteiger partial charge in [-0.25, -0.2) is 9.97 Å². The predicted octanol–water partition coefficient (Wildman–Crippen LogP) is 5.05. The molecule has 0 radical (unpaired) electrons. The van der Waals surface area contributed by atoms with Crippen LogP contribution in [0.25, 0.3) is 10.7 Å². The van der Waals surface area contributed by atoms with Gasteiger partial charge in [0.05, 0.1) is 14.2 Å². The molecule has 0 saturated carbocycles. The minimum Gasteiger partial charge on any atom is -0.481 e. The van der Waals surface area contributed by atoms with Gasteiger partial charge >= 0.3 is 5.97 Å². The van der Waals surface area contributed by atoms with E-state index in [0.29, 0.717) is 0 Å². The lowest BCUT2D eigenvalue weighted by molar-refractivity contribution is -0.136. The number of carbonyl (C=O) groups is 1. The summed E-state index contributed by atoms with van der Waals surface area (Å²) >= 11 is 3.96. The van der Waals surface area contributed by atoms with Gasteiger partial charge in [0, 0.05) is 16.9 Å². The van der Waals surface area contributed by atoms with Gasteiger partial charge in [0.1, 0.15) is 5.82 Å². The quantitative estimate of drug-likeness (QED) is 0.484. The number of carboxylic acids is 1. The summed E-state index contributed by atoms with van der Waals surface area (Å²) in [7, 11) is 0. The molecule has 26 heavy (non-hydrogen) atoms. The number of nitrogens with zero attached hydrogens (tertiary/aromatic N) is 2. The molecule has 3 aromatic rings. The predicted molar refractivity (Wildman–Crippen MR) is 113 cm³/mol. The smallest absolute Gasteiger partial charge is 0.307 e. The highest BCUT2D eigenvalue weighted by atomic mass is 127. The SMILES string of the molecule is CCc1c(C)nc(-c2ccc(I)s2)nc1Nc1ccc(CC(=O)O)cc1. The summed E-state index contributed by atoms with van der Waals surface area (Å²) in [6.45, 7) is 4.09. The van der Waals surface area contributed by atoms with E-state index in [1.807, 2.05) is 37.3 Å². The molecule has 0 bridgehead atoms. The molecule has 2 heterocycles. The largest absolute Gasteiger partial charge is 0.481 e. The zero-order valence-electron chi connectivity index (χ0n) is 14.4. The van der Waals surface area contributed by atoms with Crippen molar-refractivity contribution < 1.29 is 9.90 Å². The maximum atomic E-state index is 10.8. The molecular weight excluding hydrogens is 461 g/mol. The van der Waals surface area contributed by atoms with Crippen LogP contribution in [0.5, 0.6) is 0 Å². The number of carboxylic acid groups (broad SMARTS) is 1. The first-order chi connectivity index (χ1) is 12.5. The summed E-state index contributed by atoms with van der Waals surface area (Å²) in [4.78, 5) is 21.3. The monoisotopic (exact) mass is 479 g/mol. The van der Waals surface area contributed by atoms with E-state index in [1.54, 1.807) is 11.3 Å². The summed E-state index contributed by atoms with van der Waals surface area (Å²) in [5.41, 5.74) is 3.69. The van der Waals surface area contributed by atoms with E-state index in [-0.39, 0.29) is 6.42 Å². The van der Waals surface area contributed by atoms with Gasteiger partial charge < -0.3 is 10.4 Å². The maximum Gasteiger partial charge on any atom is 0.307 e. The number of aliphatic carboxylic acids is 1. The Balaban J connectivity index is 1.92. The number of thiophene rings is 1. The van der Waals surface area contributed by atoms with Crippen LogP contribution in [-0.4, -0.2) is 21.0 Å². The Morgan fingerprint density at radius 1 is 1.19 bits per heavy atom. The van der Waals surface area contributed by atoms with E-state index in [9.17, 15) is 4.79 Å². The molecule has 0 aliphatic carbocycles. The van der Waals surface area contributed by atoms with Crippen molar-refractivity contribution in [1.29, 1.82) is 0 Å². The minimum absolute atomic E-state index is 0.0221. The van der Waals surface area contributed by atoms with Gasteiger partial charge in [0.15, 0.2) is 5.82 Å². The highest BCUT2D eigenvalue weighted by Gasteiger charge is 2.13. The number of hydrogen-bond acceptors (Lipinski definition) is 5. The molecule has 0 amide bonds. The molecule has 5 nitrogen and oxygen atoms in total. The fourth-order valence-electron chi connectivity index (χ4n) is 2.68. The summed E-state index contributed by atoms with van der Waals surface area (Å²) in [5.74, 6) is 0.683. The molecule has 2 aromatic heterocycles. The Bertz CT molecular complexity index is 938. The molecule has 134 valence electrons.